The fraction of sp³-hybridized carbons (Fsp3) is 0.556. The van der Waals surface area contributed by atoms with Gasteiger partial charge in [-0.05, 0) is 38.2 Å². The Labute approximate surface area is 160 Å². The van der Waals surface area contributed by atoms with Gasteiger partial charge in [0, 0.05) is 18.3 Å². The van der Waals surface area contributed by atoms with Crippen molar-refractivity contribution in [1.82, 2.24) is 19.7 Å². The van der Waals surface area contributed by atoms with E-state index in [2.05, 4.69) is 17.1 Å². The van der Waals surface area contributed by atoms with Crippen molar-refractivity contribution in [3.05, 3.63) is 32.5 Å². The van der Waals surface area contributed by atoms with Gasteiger partial charge in [-0.2, -0.15) is 4.98 Å². The summed E-state index contributed by atoms with van der Waals surface area (Å²) in [5.74, 6) is 1.34. The molecule has 0 spiro atoms. The summed E-state index contributed by atoms with van der Waals surface area (Å²) < 4.78 is 7.06. The third-order valence-electron chi connectivity index (χ3n) is 4.77. The second-order valence-electron chi connectivity index (χ2n) is 6.71. The molecule has 1 unspecified atom stereocenters. The van der Waals surface area contributed by atoms with Crippen molar-refractivity contribution in [1.29, 1.82) is 0 Å². The molecule has 0 bridgehead atoms. The molecule has 26 heavy (non-hydrogen) atoms. The average molecular weight is 391 g/mol. The first-order chi connectivity index (χ1) is 12.6. The van der Waals surface area contributed by atoms with Gasteiger partial charge in [-0.3, -0.25) is 9.36 Å². The second-order valence-corrected chi connectivity index (χ2v) is 9.10. The fourth-order valence-electron chi connectivity index (χ4n) is 3.29. The van der Waals surface area contributed by atoms with E-state index in [9.17, 15) is 4.79 Å². The van der Waals surface area contributed by atoms with Crippen LogP contribution in [0.25, 0.3) is 10.2 Å². The molecule has 0 aliphatic heterocycles. The monoisotopic (exact) mass is 390 g/mol. The van der Waals surface area contributed by atoms with E-state index in [1.807, 2.05) is 6.92 Å². The minimum atomic E-state index is -0.0553. The Hall–Kier alpha value is -1.67. The highest BCUT2D eigenvalue weighted by Crippen LogP contribution is 2.37. The summed E-state index contributed by atoms with van der Waals surface area (Å²) in [6.07, 6.45) is 6.20. The molecule has 3 aromatic heterocycles. The Morgan fingerprint density at radius 2 is 2.19 bits per heavy atom. The van der Waals surface area contributed by atoms with Crippen LogP contribution in [0.15, 0.2) is 14.5 Å². The largest absolute Gasteiger partial charge is 0.338 e. The summed E-state index contributed by atoms with van der Waals surface area (Å²) >= 11 is 3.16. The van der Waals surface area contributed by atoms with Crippen LogP contribution < -0.4 is 5.56 Å². The van der Waals surface area contributed by atoms with Crippen molar-refractivity contribution in [3.8, 4) is 0 Å². The normalized spacial score (nSPS) is 14.9. The highest BCUT2D eigenvalue weighted by Gasteiger charge is 2.24. The van der Waals surface area contributed by atoms with Crippen LogP contribution in [0.5, 0.6) is 0 Å². The third kappa shape index (κ3) is 3.09. The van der Waals surface area contributed by atoms with Crippen LogP contribution in [-0.4, -0.2) is 19.7 Å². The molecule has 1 aliphatic rings. The maximum atomic E-state index is 12.9. The summed E-state index contributed by atoms with van der Waals surface area (Å²) in [4.78, 5) is 24.3. The number of rotatable bonds is 6. The smallest absolute Gasteiger partial charge is 0.262 e. The zero-order valence-corrected chi connectivity index (χ0v) is 16.9. The Morgan fingerprint density at radius 1 is 1.35 bits per heavy atom. The minimum absolute atomic E-state index is 0.0539. The van der Waals surface area contributed by atoms with Crippen LogP contribution >= 0.6 is 23.1 Å². The Kier molecular flexibility index (Phi) is 4.88. The molecule has 138 valence electrons. The molecule has 0 aromatic carbocycles. The van der Waals surface area contributed by atoms with Crippen molar-refractivity contribution >= 4 is 33.3 Å². The zero-order chi connectivity index (χ0) is 18.3. The van der Waals surface area contributed by atoms with Gasteiger partial charge in [-0.1, -0.05) is 30.3 Å². The predicted molar refractivity (Wildman–Crippen MR) is 104 cm³/mol. The summed E-state index contributed by atoms with van der Waals surface area (Å²) in [6, 6.07) is 0. The van der Waals surface area contributed by atoms with Crippen molar-refractivity contribution in [2.45, 2.75) is 62.8 Å². The van der Waals surface area contributed by atoms with Crippen LogP contribution in [0.4, 0.5) is 0 Å². The van der Waals surface area contributed by atoms with Gasteiger partial charge in [-0.15, -0.1) is 11.3 Å². The predicted octanol–water partition coefficient (Wildman–Crippen LogP) is 4.06. The van der Waals surface area contributed by atoms with E-state index in [-0.39, 0.29) is 10.8 Å². The number of aromatic nitrogens is 4. The van der Waals surface area contributed by atoms with E-state index in [4.69, 9.17) is 9.51 Å². The van der Waals surface area contributed by atoms with Gasteiger partial charge in [0.1, 0.15) is 4.83 Å². The fourth-order valence-corrected chi connectivity index (χ4v) is 5.50. The van der Waals surface area contributed by atoms with Crippen LogP contribution in [0.1, 0.15) is 60.5 Å². The van der Waals surface area contributed by atoms with Gasteiger partial charge in [0.2, 0.25) is 5.89 Å². The van der Waals surface area contributed by atoms with Crippen molar-refractivity contribution in [2.24, 2.45) is 7.05 Å². The summed E-state index contributed by atoms with van der Waals surface area (Å²) in [5, 5.41) is 5.52. The summed E-state index contributed by atoms with van der Waals surface area (Å²) in [6.45, 7) is 4.15. The zero-order valence-electron chi connectivity index (χ0n) is 15.2. The van der Waals surface area contributed by atoms with Crippen molar-refractivity contribution in [3.63, 3.8) is 0 Å². The van der Waals surface area contributed by atoms with Crippen molar-refractivity contribution < 1.29 is 4.52 Å². The standard InChI is InChI=1S/C18H22N4O2S2/c1-4-5-9-13-19-15(24-21-13)10(2)25-18-20-16-14(17(23)22(18)3)11-7-6-8-12(11)26-16/h10H,4-9H2,1-3H3. The molecule has 3 heterocycles. The quantitative estimate of drug-likeness (QED) is 0.467. The maximum absolute atomic E-state index is 12.9. The molecule has 0 radical (unpaired) electrons. The van der Waals surface area contributed by atoms with Crippen LogP contribution in [-0.2, 0) is 26.3 Å². The first-order valence-electron chi connectivity index (χ1n) is 9.09. The molecule has 0 amide bonds. The van der Waals surface area contributed by atoms with E-state index in [1.165, 1.54) is 22.2 Å². The molecule has 0 N–H and O–H groups in total. The van der Waals surface area contributed by atoms with Gasteiger partial charge >= 0.3 is 0 Å². The summed E-state index contributed by atoms with van der Waals surface area (Å²) in [5.41, 5.74) is 1.28. The number of thiophene rings is 1. The molecule has 0 fully saturated rings. The third-order valence-corrected chi connectivity index (χ3v) is 7.09. The van der Waals surface area contributed by atoms with Gasteiger partial charge in [0.05, 0.1) is 10.6 Å². The van der Waals surface area contributed by atoms with Gasteiger partial charge in [-0.25, -0.2) is 4.98 Å². The van der Waals surface area contributed by atoms with E-state index in [0.717, 1.165) is 54.6 Å². The van der Waals surface area contributed by atoms with Crippen molar-refractivity contribution in [2.75, 3.05) is 0 Å². The number of fused-ring (bicyclic) bond motifs is 3. The average Bonchev–Trinajstić information content (AvgIpc) is 3.32. The molecular formula is C18H22N4O2S2. The number of thioether (sulfide) groups is 1. The molecule has 6 nitrogen and oxygen atoms in total. The number of hydrogen-bond acceptors (Lipinski definition) is 7. The molecule has 1 aliphatic carbocycles. The van der Waals surface area contributed by atoms with E-state index < -0.39 is 0 Å². The summed E-state index contributed by atoms with van der Waals surface area (Å²) in [7, 11) is 1.79. The molecule has 0 saturated heterocycles. The Balaban J connectivity index is 1.62. The molecule has 4 rings (SSSR count). The SMILES string of the molecule is CCCCc1noc(C(C)Sc2nc3sc4c(c3c(=O)n2C)CCC4)n1. The van der Waals surface area contributed by atoms with Gasteiger partial charge in [0.25, 0.3) is 5.56 Å². The molecule has 8 heteroatoms. The molecule has 1 atom stereocenters. The van der Waals surface area contributed by atoms with Crippen LogP contribution in [0.2, 0.25) is 0 Å². The van der Waals surface area contributed by atoms with Gasteiger partial charge in [0.15, 0.2) is 11.0 Å². The lowest BCUT2D eigenvalue weighted by molar-refractivity contribution is 0.374. The number of aryl methyl sites for hydroxylation is 3. The second kappa shape index (κ2) is 7.15. The molecule has 3 aromatic rings. The maximum Gasteiger partial charge on any atom is 0.262 e. The molecular weight excluding hydrogens is 368 g/mol. The Morgan fingerprint density at radius 3 is 3.00 bits per heavy atom. The Bertz CT molecular complexity index is 1000. The van der Waals surface area contributed by atoms with E-state index in [0.29, 0.717) is 11.0 Å². The lowest BCUT2D eigenvalue weighted by Crippen LogP contribution is -2.20. The van der Waals surface area contributed by atoms with E-state index in [1.54, 1.807) is 23.0 Å². The number of unbranched alkanes of at least 4 members (excludes halogenated alkanes) is 1. The molecule has 0 saturated carbocycles. The number of nitrogens with zero attached hydrogens (tertiary/aromatic N) is 4. The first kappa shape index (κ1) is 17.7. The highest BCUT2D eigenvalue weighted by atomic mass is 32.2. The highest BCUT2D eigenvalue weighted by molar-refractivity contribution is 7.99. The number of hydrogen-bond donors (Lipinski definition) is 0. The lowest BCUT2D eigenvalue weighted by Gasteiger charge is -2.10. The van der Waals surface area contributed by atoms with Crippen LogP contribution in [0.3, 0.4) is 0 Å². The van der Waals surface area contributed by atoms with Crippen LogP contribution in [0, 0.1) is 0 Å². The minimum Gasteiger partial charge on any atom is -0.338 e. The first-order valence-corrected chi connectivity index (χ1v) is 10.8. The topological polar surface area (TPSA) is 73.8 Å². The van der Waals surface area contributed by atoms with E-state index >= 15 is 0 Å². The lowest BCUT2D eigenvalue weighted by atomic mass is 10.2. The van der Waals surface area contributed by atoms with Gasteiger partial charge < -0.3 is 4.52 Å².